The van der Waals surface area contributed by atoms with Crippen molar-refractivity contribution in [3.8, 4) is 0 Å². The summed E-state index contributed by atoms with van der Waals surface area (Å²) >= 11 is 3.20. The van der Waals surface area contributed by atoms with Crippen molar-refractivity contribution in [3.05, 3.63) is 41.4 Å². The Morgan fingerprint density at radius 2 is 1.96 bits per heavy atom. The van der Waals surface area contributed by atoms with E-state index in [-0.39, 0.29) is 5.91 Å². The molecule has 2 aliphatic rings. The minimum Gasteiger partial charge on any atom is -0.369 e. The summed E-state index contributed by atoms with van der Waals surface area (Å²) in [6.45, 7) is 8.05. The molecule has 0 N–H and O–H groups in total. The van der Waals surface area contributed by atoms with Gasteiger partial charge in [0.2, 0.25) is 5.91 Å². The van der Waals surface area contributed by atoms with Gasteiger partial charge in [0.15, 0.2) is 4.34 Å². The number of amides is 1. The Morgan fingerprint density at radius 3 is 2.68 bits per heavy atom. The summed E-state index contributed by atoms with van der Waals surface area (Å²) < 4.78 is 0.997. The summed E-state index contributed by atoms with van der Waals surface area (Å²) in [6, 6.07) is 11.2. The van der Waals surface area contributed by atoms with Crippen LogP contribution in [-0.2, 0) is 4.79 Å². The highest BCUT2D eigenvalue weighted by atomic mass is 32.2. The highest BCUT2D eigenvalue weighted by Crippen LogP contribution is 2.24. The van der Waals surface area contributed by atoms with E-state index in [9.17, 15) is 4.79 Å². The van der Waals surface area contributed by atoms with Crippen LogP contribution in [0.2, 0.25) is 0 Å². The number of carbonyl (C=O) groups excluding carboxylic acids is 1. The first kappa shape index (κ1) is 19.7. The number of para-hydroxylation sites is 1. The normalized spacial score (nSPS) is 21.1. The van der Waals surface area contributed by atoms with E-state index in [1.807, 2.05) is 12.3 Å². The number of thioether (sulfide) groups is 1. The van der Waals surface area contributed by atoms with Gasteiger partial charge in [0, 0.05) is 62.1 Å². The average molecular weight is 417 g/mol. The van der Waals surface area contributed by atoms with Gasteiger partial charge in [-0.25, -0.2) is 4.98 Å². The third-order valence-corrected chi connectivity index (χ3v) is 7.74. The number of aryl methyl sites for hydroxylation is 1. The van der Waals surface area contributed by atoms with E-state index in [4.69, 9.17) is 0 Å². The highest BCUT2D eigenvalue weighted by Gasteiger charge is 2.30. The lowest BCUT2D eigenvalue weighted by molar-refractivity contribution is -0.130. The molecule has 3 heterocycles. The molecule has 0 bridgehead atoms. The van der Waals surface area contributed by atoms with Gasteiger partial charge in [-0.2, -0.15) is 0 Å². The standard InChI is InChI=1S/C21H28N4OS2/c1-17-15-27-21(22-17)28-16-20(26)25-9-5-8-19(14-25)24-12-10-23(11-13-24)18-6-3-2-4-7-18/h2-4,6-7,15,19H,5,8-14,16H2,1H3/t19-/m1/s1. The van der Waals surface area contributed by atoms with Crippen molar-refractivity contribution in [1.29, 1.82) is 0 Å². The maximum atomic E-state index is 12.7. The lowest BCUT2D eigenvalue weighted by Crippen LogP contribution is -2.56. The Labute approximate surface area is 175 Å². The number of hydrogen-bond acceptors (Lipinski definition) is 6. The third kappa shape index (κ3) is 4.88. The fourth-order valence-electron chi connectivity index (χ4n) is 4.08. The number of carbonyl (C=O) groups is 1. The fourth-order valence-corrected chi connectivity index (χ4v) is 5.83. The number of piperazine rings is 1. The number of thiazole rings is 1. The molecule has 1 aromatic heterocycles. The molecular weight excluding hydrogens is 388 g/mol. The maximum Gasteiger partial charge on any atom is 0.233 e. The van der Waals surface area contributed by atoms with Crippen LogP contribution in [0.5, 0.6) is 0 Å². The first-order valence-corrected chi connectivity index (χ1v) is 11.9. The predicted molar refractivity (Wildman–Crippen MR) is 117 cm³/mol. The lowest BCUT2D eigenvalue weighted by atomic mass is 10.0. The highest BCUT2D eigenvalue weighted by molar-refractivity contribution is 8.01. The first-order valence-electron chi connectivity index (χ1n) is 10.1. The molecule has 4 rings (SSSR count). The van der Waals surface area contributed by atoms with Crippen molar-refractivity contribution >= 4 is 34.7 Å². The molecule has 0 spiro atoms. The van der Waals surface area contributed by atoms with E-state index in [2.05, 4.69) is 50.0 Å². The van der Waals surface area contributed by atoms with E-state index in [1.165, 1.54) is 12.1 Å². The lowest BCUT2D eigenvalue weighted by Gasteiger charge is -2.44. The largest absolute Gasteiger partial charge is 0.369 e. The summed E-state index contributed by atoms with van der Waals surface area (Å²) in [5.41, 5.74) is 2.35. The Hall–Kier alpha value is -1.57. The van der Waals surface area contributed by atoms with Crippen LogP contribution in [0.25, 0.3) is 0 Å². The number of rotatable bonds is 5. The molecule has 5 nitrogen and oxygen atoms in total. The zero-order valence-electron chi connectivity index (χ0n) is 16.4. The van der Waals surface area contributed by atoms with Gasteiger partial charge in [-0.1, -0.05) is 30.0 Å². The summed E-state index contributed by atoms with van der Waals surface area (Å²) in [6.07, 6.45) is 2.31. The number of hydrogen-bond donors (Lipinski definition) is 0. The zero-order chi connectivity index (χ0) is 19.3. The summed E-state index contributed by atoms with van der Waals surface area (Å²) in [5.74, 6) is 0.757. The van der Waals surface area contributed by atoms with E-state index in [1.54, 1.807) is 23.1 Å². The summed E-state index contributed by atoms with van der Waals surface area (Å²) in [4.78, 5) is 24.3. The number of aromatic nitrogens is 1. The van der Waals surface area contributed by atoms with Crippen LogP contribution in [0.15, 0.2) is 40.1 Å². The Kier molecular flexibility index (Phi) is 6.54. The molecular formula is C21H28N4OS2. The number of anilines is 1. The summed E-state index contributed by atoms with van der Waals surface area (Å²) in [5, 5.41) is 2.04. The van der Waals surface area contributed by atoms with Crippen LogP contribution in [0, 0.1) is 6.92 Å². The van der Waals surface area contributed by atoms with Gasteiger partial charge in [0.05, 0.1) is 5.75 Å². The van der Waals surface area contributed by atoms with Crippen LogP contribution < -0.4 is 4.90 Å². The van der Waals surface area contributed by atoms with Crippen molar-refractivity contribution in [2.24, 2.45) is 0 Å². The third-order valence-electron chi connectivity index (χ3n) is 5.62. The molecule has 0 aliphatic carbocycles. The predicted octanol–water partition coefficient (Wildman–Crippen LogP) is 3.36. The molecule has 28 heavy (non-hydrogen) atoms. The minimum atomic E-state index is 0.255. The fraction of sp³-hybridized carbons (Fsp3) is 0.524. The van der Waals surface area contributed by atoms with E-state index < -0.39 is 0 Å². The Balaban J connectivity index is 1.26. The molecule has 0 radical (unpaired) electrons. The van der Waals surface area contributed by atoms with Crippen LogP contribution in [-0.4, -0.2) is 71.8 Å². The van der Waals surface area contributed by atoms with Crippen molar-refractivity contribution in [3.63, 3.8) is 0 Å². The molecule has 0 unspecified atom stereocenters. The average Bonchev–Trinajstić information content (AvgIpc) is 3.18. The van der Waals surface area contributed by atoms with Gasteiger partial charge in [-0.3, -0.25) is 9.69 Å². The second-order valence-electron chi connectivity index (χ2n) is 7.54. The van der Waals surface area contributed by atoms with Gasteiger partial charge in [-0.15, -0.1) is 11.3 Å². The van der Waals surface area contributed by atoms with Gasteiger partial charge in [0.1, 0.15) is 0 Å². The molecule has 7 heteroatoms. The topological polar surface area (TPSA) is 39.7 Å². The van der Waals surface area contributed by atoms with E-state index in [0.29, 0.717) is 11.8 Å². The first-order chi connectivity index (χ1) is 13.7. The van der Waals surface area contributed by atoms with Gasteiger partial charge in [-0.05, 0) is 31.9 Å². The number of benzene rings is 1. The molecule has 2 saturated heterocycles. The molecule has 2 aromatic rings. The Morgan fingerprint density at radius 1 is 1.18 bits per heavy atom. The molecule has 1 atom stereocenters. The molecule has 1 aromatic carbocycles. The molecule has 0 saturated carbocycles. The number of likely N-dealkylation sites (tertiary alicyclic amines) is 1. The van der Waals surface area contributed by atoms with Crippen molar-refractivity contribution in [1.82, 2.24) is 14.8 Å². The van der Waals surface area contributed by atoms with Crippen molar-refractivity contribution in [2.45, 2.75) is 30.1 Å². The van der Waals surface area contributed by atoms with E-state index >= 15 is 0 Å². The molecule has 150 valence electrons. The van der Waals surface area contributed by atoms with Gasteiger partial charge < -0.3 is 9.80 Å². The molecule has 1 amide bonds. The van der Waals surface area contributed by atoms with Gasteiger partial charge in [0.25, 0.3) is 0 Å². The van der Waals surface area contributed by atoms with Crippen molar-refractivity contribution < 1.29 is 4.79 Å². The van der Waals surface area contributed by atoms with E-state index in [0.717, 1.165) is 55.7 Å². The van der Waals surface area contributed by atoms with Crippen LogP contribution in [0.1, 0.15) is 18.5 Å². The monoisotopic (exact) mass is 416 g/mol. The second-order valence-corrected chi connectivity index (χ2v) is 9.62. The van der Waals surface area contributed by atoms with Crippen LogP contribution in [0.3, 0.4) is 0 Å². The minimum absolute atomic E-state index is 0.255. The Bertz CT molecular complexity index is 774. The maximum absolute atomic E-state index is 12.7. The van der Waals surface area contributed by atoms with Crippen LogP contribution in [0.4, 0.5) is 5.69 Å². The number of nitrogens with zero attached hydrogens (tertiary/aromatic N) is 4. The SMILES string of the molecule is Cc1csc(SCC(=O)N2CCC[C@@H](N3CCN(c4ccccc4)CC3)C2)n1. The zero-order valence-corrected chi connectivity index (χ0v) is 18.1. The number of piperidine rings is 1. The molecule has 2 aliphatic heterocycles. The second kappa shape index (κ2) is 9.29. The summed E-state index contributed by atoms with van der Waals surface area (Å²) in [7, 11) is 0. The van der Waals surface area contributed by atoms with Crippen molar-refractivity contribution in [2.75, 3.05) is 49.9 Å². The quantitative estimate of drug-likeness (QED) is 0.699. The smallest absolute Gasteiger partial charge is 0.233 e. The van der Waals surface area contributed by atoms with Crippen LogP contribution >= 0.6 is 23.1 Å². The van der Waals surface area contributed by atoms with Gasteiger partial charge >= 0.3 is 0 Å². The molecule has 2 fully saturated rings.